The molecule has 3 aromatic rings. The van der Waals surface area contributed by atoms with Gasteiger partial charge in [-0.15, -0.1) is 0 Å². The van der Waals surface area contributed by atoms with Crippen molar-refractivity contribution in [2.75, 3.05) is 26.2 Å². The third kappa shape index (κ3) is 4.24. The summed E-state index contributed by atoms with van der Waals surface area (Å²) >= 11 is 0. The van der Waals surface area contributed by atoms with E-state index in [1.165, 1.54) is 29.2 Å². The van der Waals surface area contributed by atoms with Crippen LogP contribution in [-0.4, -0.2) is 74.5 Å². The first-order chi connectivity index (χ1) is 20.6. The highest BCUT2D eigenvalue weighted by Gasteiger charge is 2.66. The van der Waals surface area contributed by atoms with E-state index in [1.807, 2.05) is 6.20 Å². The predicted molar refractivity (Wildman–Crippen MR) is 168 cm³/mol. The Morgan fingerprint density at radius 3 is 2.81 bits per heavy atom. The van der Waals surface area contributed by atoms with Gasteiger partial charge in [-0.3, -0.25) is 14.7 Å². The van der Waals surface area contributed by atoms with Crippen LogP contribution in [0.5, 0.6) is 0 Å². The summed E-state index contributed by atoms with van der Waals surface area (Å²) in [5.41, 5.74) is 3.35. The Kier molecular flexibility index (Phi) is 6.65. The van der Waals surface area contributed by atoms with Crippen LogP contribution in [0.3, 0.4) is 0 Å². The number of allylic oxidation sites excluding steroid dienone is 3. The SMILES string of the molecule is O=C1CCCCN2[C@@H](C1)C[C@]13CN4CCCC/C=C\CC[C@](O)(C=C(c5nccc6c5[nH]c5ccccc56)[C@@H]1CC4)[C@H]23. The summed E-state index contributed by atoms with van der Waals surface area (Å²) < 4.78 is 0. The molecule has 6 heterocycles. The lowest BCUT2D eigenvalue weighted by atomic mass is 9.54. The number of piperidine rings is 1. The zero-order chi connectivity index (χ0) is 28.3. The highest BCUT2D eigenvalue weighted by Crippen LogP contribution is 2.62. The van der Waals surface area contributed by atoms with Gasteiger partial charge in [-0.05, 0) is 107 Å². The highest BCUT2D eigenvalue weighted by atomic mass is 16.3. The number of ketones is 1. The minimum Gasteiger partial charge on any atom is -0.384 e. The number of nitrogens with one attached hydrogen (secondary N) is 1. The molecule has 6 atom stereocenters. The molecule has 4 aliphatic heterocycles. The normalized spacial score (nSPS) is 36.7. The maximum atomic E-state index is 13.1. The number of carbonyl (C=O) groups is 1. The van der Waals surface area contributed by atoms with E-state index in [1.54, 1.807) is 0 Å². The molecule has 1 spiro atoms. The molecule has 8 rings (SSSR count). The van der Waals surface area contributed by atoms with Crippen molar-refractivity contribution in [3.8, 4) is 0 Å². The Balaban J connectivity index is 1.34. The lowest BCUT2D eigenvalue weighted by Gasteiger charge is -2.58. The van der Waals surface area contributed by atoms with Gasteiger partial charge in [0.05, 0.1) is 16.8 Å². The molecule has 0 saturated carbocycles. The van der Waals surface area contributed by atoms with Crippen LogP contribution in [0, 0.1) is 11.3 Å². The number of fused-ring (bicyclic) bond motifs is 5. The number of para-hydroxylation sites is 1. The number of hydrogen-bond acceptors (Lipinski definition) is 5. The van der Waals surface area contributed by atoms with Crippen LogP contribution >= 0.6 is 0 Å². The fourth-order valence-electron chi connectivity index (χ4n) is 9.85. The topological polar surface area (TPSA) is 72.5 Å². The van der Waals surface area contributed by atoms with Crippen LogP contribution in [-0.2, 0) is 4.79 Å². The summed E-state index contributed by atoms with van der Waals surface area (Å²) in [6.07, 6.45) is 19.4. The summed E-state index contributed by atoms with van der Waals surface area (Å²) in [5, 5.41) is 15.5. The number of carbonyl (C=O) groups excluding carboxylic acids is 1. The highest BCUT2D eigenvalue weighted by molar-refractivity contribution is 6.09. The second kappa shape index (κ2) is 10.4. The fraction of sp³-hybridized carbons (Fsp3) is 0.556. The van der Waals surface area contributed by atoms with Gasteiger partial charge < -0.3 is 15.0 Å². The van der Waals surface area contributed by atoms with Crippen LogP contribution < -0.4 is 0 Å². The molecule has 42 heavy (non-hydrogen) atoms. The third-order valence-corrected chi connectivity index (χ3v) is 11.4. The average Bonchev–Trinajstić information content (AvgIpc) is 3.50. The van der Waals surface area contributed by atoms with Gasteiger partial charge >= 0.3 is 0 Å². The van der Waals surface area contributed by atoms with Gasteiger partial charge in [0, 0.05) is 59.4 Å². The zero-order valence-electron chi connectivity index (χ0n) is 24.7. The number of pyridine rings is 1. The quantitative estimate of drug-likeness (QED) is 0.342. The Morgan fingerprint density at radius 2 is 1.86 bits per heavy atom. The van der Waals surface area contributed by atoms with Crippen LogP contribution in [0.15, 0.2) is 54.8 Å². The predicted octanol–water partition coefficient (Wildman–Crippen LogP) is 6.26. The van der Waals surface area contributed by atoms with Crippen molar-refractivity contribution < 1.29 is 9.90 Å². The molecule has 1 aliphatic carbocycles. The summed E-state index contributed by atoms with van der Waals surface area (Å²) in [4.78, 5) is 27.2. The number of aliphatic hydroxyl groups is 1. The monoisotopic (exact) mass is 564 g/mol. The van der Waals surface area contributed by atoms with Crippen molar-refractivity contribution in [1.82, 2.24) is 19.8 Å². The first kappa shape index (κ1) is 26.8. The molecule has 0 radical (unpaired) electrons. The van der Waals surface area contributed by atoms with Crippen LogP contribution in [0.2, 0.25) is 0 Å². The van der Waals surface area contributed by atoms with Gasteiger partial charge in [-0.2, -0.15) is 0 Å². The molecule has 3 saturated heterocycles. The summed E-state index contributed by atoms with van der Waals surface area (Å²) in [7, 11) is 0. The summed E-state index contributed by atoms with van der Waals surface area (Å²) in [6.45, 7) is 4.18. The van der Waals surface area contributed by atoms with Crippen LogP contribution in [0.1, 0.15) is 76.3 Å². The van der Waals surface area contributed by atoms with E-state index in [0.29, 0.717) is 31.0 Å². The van der Waals surface area contributed by atoms with Gasteiger partial charge in [-0.25, -0.2) is 0 Å². The van der Waals surface area contributed by atoms with Crippen molar-refractivity contribution in [3.63, 3.8) is 0 Å². The molecule has 1 unspecified atom stereocenters. The van der Waals surface area contributed by atoms with Crippen molar-refractivity contribution in [2.24, 2.45) is 11.3 Å². The molecule has 5 aliphatic rings. The van der Waals surface area contributed by atoms with Crippen molar-refractivity contribution in [1.29, 1.82) is 0 Å². The van der Waals surface area contributed by atoms with Crippen LogP contribution in [0.4, 0.5) is 0 Å². The summed E-state index contributed by atoms with van der Waals surface area (Å²) in [5.74, 6) is 0.704. The second-order valence-electron chi connectivity index (χ2n) is 13.9. The second-order valence-corrected chi connectivity index (χ2v) is 13.9. The van der Waals surface area contributed by atoms with Crippen molar-refractivity contribution in [2.45, 2.75) is 88.3 Å². The smallest absolute Gasteiger partial charge is 0.134 e. The summed E-state index contributed by atoms with van der Waals surface area (Å²) in [6, 6.07) is 10.9. The van der Waals surface area contributed by atoms with E-state index in [-0.39, 0.29) is 17.5 Å². The number of H-pyrrole nitrogens is 1. The molecular weight excluding hydrogens is 520 g/mol. The van der Waals surface area contributed by atoms with Crippen LogP contribution in [0.25, 0.3) is 27.4 Å². The minimum atomic E-state index is -0.986. The third-order valence-electron chi connectivity index (χ3n) is 11.4. The molecule has 0 amide bonds. The van der Waals surface area contributed by atoms with Gasteiger partial charge in [0.2, 0.25) is 0 Å². The maximum Gasteiger partial charge on any atom is 0.134 e. The molecule has 6 heteroatoms. The molecule has 220 valence electrons. The number of aromatic amines is 1. The van der Waals surface area contributed by atoms with Gasteiger partial charge in [0.1, 0.15) is 5.78 Å². The average molecular weight is 565 g/mol. The number of Topliss-reactive ketones (excluding diaryl/α,β-unsaturated/α-hetero) is 1. The molecular formula is C36H44N4O2. The standard InChI is InChI=1S/C36H44N4O2/c41-26-11-7-10-19-40-25(21-26)22-35-24-39-18-9-4-2-1-3-8-16-36(42,34(35)40)23-29(30(35)15-20-39)32-33-28(14-17-37-32)27-12-5-6-13-31(27)38-33/h1,3,5-6,12-14,17,23,25,30,34,38,42H,2,4,7-11,15-16,18-22,24H2/b3-1-/t25-,30-,34+,35-,36-/m0/s1. The van der Waals surface area contributed by atoms with E-state index in [4.69, 9.17) is 4.98 Å². The maximum absolute atomic E-state index is 13.1. The number of aromatic nitrogens is 2. The Bertz CT molecular complexity index is 1570. The van der Waals surface area contributed by atoms with Crippen molar-refractivity contribution >= 4 is 33.2 Å². The first-order valence-electron chi connectivity index (χ1n) is 16.5. The van der Waals surface area contributed by atoms with E-state index in [9.17, 15) is 9.90 Å². The zero-order valence-corrected chi connectivity index (χ0v) is 24.7. The minimum absolute atomic E-state index is 0.0218. The molecule has 3 fully saturated rings. The van der Waals surface area contributed by atoms with E-state index in [0.717, 1.165) is 81.4 Å². The van der Waals surface area contributed by atoms with E-state index < -0.39 is 5.60 Å². The van der Waals surface area contributed by atoms with E-state index >= 15 is 0 Å². The Labute approximate surface area is 248 Å². The van der Waals surface area contributed by atoms with Gasteiger partial charge in [-0.1, -0.05) is 30.4 Å². The first-order valence-corrected chi connectivity index (χ1v) is 16.5. The molecule has 3 bridgehead atoms. The van der Waals surface area contributed by atoms with E-state index in [2.05, 4.69) is 63.3 Å². The lowest BCUT2D eigenvalue weighted by Crippen LogP contribution is -2.65. The molecule has 2 N–H and O–H groups in total. The lowest BCUT2D eigenvalue weighted by molar-refractivity contribution is -0.122. The number of rotatable bonds is 1. The largest absolute Gasteiger partial charge is 0.384 e. The van der Waals surface area contributed by atoms with Gasteiger partial charge in [0.15, 0.2) is 0 Å². The number of hydrogen-bond donors (Lipinski definition) is 2. The number of nitrogens with zero attached hydrogens (tertiary/aromatic N) is 3. The molecule has 1 aromatic carbocycles. The fourth-order valence-corrected chi connectivity index (χ4v) is 9.85. The molecule has 6 nitrogen and oxygen atoms in total. The number of benzene rings is 1. The molecule has 2 aromatic heterocycles. The van der Waals surface area contributed by atoms with Gasteiger partial charge in [0.25, 0.3) is 0 Å². The van der Waals surface area contributed by atoms with Crippen molar-refractivity contribution in [3.05, 3.63) is 60.5 Å². The Morgan fingerprint density at radius 1 is 0.976 bits per heavy atom. The Hall–Kier alpha value is -2.80.